The van der Waals surface area contributed by atoms with E-state index in [1.54, 1.807) is 30.3 Å². The monoisotopic (exact) mass is 622 g/mol. The van der Waals surface area contributed by atoms with Gasteiger partial charge in [0.05, 0.1) is 25.9 Å². The number of nitrogens with one attached hydrogen (secondary N) is 1. The van der Waals surface area contributed by atoms with Crippen molar-refractivity contribution in [3.63, 3.8) is 0 Å². The molecule has 2 aliphatic heterocycles. The SMILES string of the molecule is COc1ccc(CCN(C(=O)CN2C(=O)c3ccccc3S2(=O)=O)[C@@H](C(=O)NC[C@H]2CCCO2)c2ccncc2)cc1OC. The number of hydrogen-bond donors (Lipinski definition) is 1. The number of carbonyl (C=O) groups is 3. The smallest absolute Gasteiger partial charge is 0.269 e. The number of aromatic nitrogens is 1. The van der Waals surface area contributed by atoms with E-state index in [1.165, 1.54) is 49.7 Å². The summed E-state index contributed by atoms with van der Waals surface area (Å²) in [6.45, 7) is 0.115. The van der Waals surface area contributed by atoms with Crippen molar-refractivity contribution in [1.82, 2.24) is 19.5 Å². The number of methoxy groups -OCH3 is 2. The van der Waals surface area contributed by atoms with Crippen LogP contribution < -0.4 is 14.8 Å². The van der Waals surface area contributed by atoms with E-state index in [0.29, 0.717) is 28.0 Å². The summed E-state index contributed by atoms with van der Waals surface area (Å²) >= 11 is 0. The Morgan fingerprint density at radius 1 is 1.09 bits per heavy atom. The first-order valence-corrected chi connectivity index (χ1v) is 15.6. The Balaban J connectivity index is 1.47. The molecule has 232 valence electrons. The van der Waals surface area contributed by atoms with Crippen LogP contribution >= 0.6 is 0 Å². The lowest BCUT2D eigenvalue weighted by Gasteiger charge is -2.32. The van der Waals surface area contributed by atoms with Crippen LogP contribution in [0.4, 0.5) is 0 Å². The molecule has 13 heteroatoms. The number of hydrogen-bond acceptors (Lipinski definition) is 9. The van der Waals surface area contributed by atoms with E-state index >= 15 is 0 Å². The maximum atomic E-state index is 14.1. The van der Waals surface area contributed by atoms with E-state index in [1.807, 2.05) is 6.07 Å². The van der Waals surface area contributed by atoms with Crippen LogP contribution in [0.25, 0.3) is 0 Å². The second kappa shape index (κ2) is 13.4. The molecule has 3 heterocycles. The lowest BCUT2D eigenvalue weighted by molar-refractivity contribution is -0.141. The highest BCUT2D eigenvalue weighted by atomic mass is 32.2. The lowest BCUT2D eigenvalue weighted by Crippen LogP contribution is -2.49. The predicted molar refractivity (Wildman–Crippen MR) is 159 cm³/mol. The van der Waals surface area contributed by atoms with Gasteiger partial charge in [-0.1, -0.05) is 18.2 Å². The molecule has 44 heavy (non-hydrogen) atoms. The van der Waals surface area contributed by atoms with Crippen molar-refractivity contribution in [3.05, 3.63) is 83.7 Å². The van der Waals surface area contributed by atoms with Gasteiger partial charge in [0.15, 0.2) is 11.5 Å². The van der Waals surface area contributed by atoms with Crippen molar-refractivity contribution < 1.29 is 37.0 Å². The van der Waals surface area contributed by atoms with Gasteiger partial charge in [0.25, 0.3) is 15.9 Å². The third kappa shape index (κ3) is 6.38. The zero-order valence-corrected chi connectivity index (χ0v) is 25.3. The molecule has 3 aromatic rings. The van der Waals surface area contributed by atoms with Crippen molar-refractivity contribution in [2.75, 3.05) is 40.5 Å². The minimum Gasteiger partial charge on any atom is -0.493 e. The maximum Gasteiger partial charge on any atom is 0.269 e. The molecule has 2 aromatic carbocycles. The molecule has 5 rings (SSSR count). The summed E-state index contributed by atoms with van der Waals surface area (Å²) in [7, 11) is -1.22. The summed E-state index contributed by atoms with van der Waals surface area (Å²) < 4.78 is 43.6. The number of benzene rings is 2. The zero-order valence-electron chi connectivity index (χ0n) is 24.5. The van der Waals surface area contributed by atoms with E-state index in [-0.39, 0.29) is 36.1 Å². The van der Waals surface area contributed by atoms with E-state index < -0.39 is 40.3 Å². The van der Waals surface area contributed by atoms with Crippen LogP contribution in [0.2, 0.25) is 0 Å². The third-order valence-electron chi connectivity index (χ3n) is 7.71. The molecule has 1 fully saturated rings. The van der Waals surface area contributed by atoms with Crippen molar-refractivity contribution in [1.29, 1.82) is 0 Å². The second-order valence-electron chi connectivity index (χ2n) is 10.4. The molecule has 0 bridgehead atoms. The quantitative estimate of drug-likeness (QED) is 0.322. The highest BCUT2D eigenvalue weighted by Crippen LogP contribution is 2.32. The molecular weight excluding hydrogens is 588 g/mol. The van der Waals surface area contributed by atoms with Crippen molar-refractivity contribution in [3.8, 4) is 11.5 Å². The normalized spacial score (nSPS) is 17.5. The summed E-state index contributed by atoms with van der Waals surface area (Å²) in [5, 5.41) is 2.91. The molecule has 0 unspecified atom stereocenters. The first-order valence-electron chi connectivity index (χ1n) is 14.2. The van der Waals surface area contributed by atoms with Crippen LogP contribution in [0.1, 0.15) is 40.4 Å². The van der Waals surface area contributed by atoms with Crippen molar-refractivity contribution >= 4 is 27.7 Å². The lowest BCUT2D eigenvalue weighted by atomic mass is 10.0. The Morgan fingerprint density at radius 3 is 2.52 bits per heavy atom. The highest BCUT2D eigenvalue weighted by molar-refractivity contribution is 7.90. The van der Waals surface area contributed by atoms with Gasteiger partial charge in [0.2, 0.25) is 11.8 Å². The molecule has 2 aliphatic rings. The van der Waals surface area contributed by atoms with Crippen LogP contribution in [0.3, 0.4) is 0 Å². The molecule has 0 spiro atoms. The van der Waals surface area contributed by atoms with Crippen LogP contribution in [-0.4, -0.2) is 86.9 Å². The molecule has 0 saturated carbocycles. The fourth-order valence-corrected chi connectivity index (χ4v) is 6.94. The van der Waals surface area contributed by atoms with Gasteiger partial charge in [-0.15, -0.1) is 0 Å². The van der Waals surface area contributed by atoms with Crippen LogP contribution in [0, 0.1) is 0 Å². The minimum atomic E-state index is -4.26. The topological polar surface area (TPSA) is 144 Å². The average Bonchev–Trinajstić information content (AvgIpc) is 3.63. The zero-order chi connectivity index (χ0) is 31.3. The molecular formula is C31H34N4O8S. The Bertz CT molecular complexity index is 1630. The molecule has 1 N–H and O–H groups in total. The molecule has 2 atom stereocenters. The van der Waals surface area contributed by atoms with Crippen LogP contribution in [0.15, 0.2) is 71.9 Å². The van der Waals surface area contributed by atoms with Gasteiger partial charge < -0.3 is 24.4 Å². The fraction of sp³-hybridized carbons (Fsp3) is 0.355. The number of carbonyl (C=O) groups excluding carboxylic acids is 3. The molecule has 12 nitrogen and oxygen atoms in total. The molecule has 0 aliphatic carbocycles. The summed E-state index contributed by atoms with van der Waals surface area (Å²) in [5.41, 5.74) is 1.26. The Labute approximate surface area is 256 Å². The van der Waals surface area contributed by atoms with Gasteiger partial charge in [0.1, 0.15) is 17.5 Å². The number of ether oxygens (including phenoxy) is 3. The molecule has 3 amide bonds. The van der Waals surface area contributed by atoms with Crippen LogP contribution in [-0.2, 0) is 30.8 Å². The third-order valence-corrected chi connectivity index (χ3v) is 9.50. The number of amides is 3. The van der Waals surface area contributed by atoms with E-state index in [0.717, 1.165) is 18.4 Å². The first-order chi connectivity index (χ1) is 21.2. The minimum absolute atomic E-state index is 0.00262. The number of fused-ring (bicyclic) bond motifs is 1. The van der Waals surface area contributed by atoms with Crippen LogP contribution in [0.5, 0.6) is 11.5 Å². The van der Waals surface area contributed by atoms with Gasteiger partial charge in [-0.25, -0.2) is 12.7 Å². The first kappa shape index (κ1) is 31.0. The second-order valence-corrected chi connectivity index (χ2v) is 12.2. The number of pyridine rings is 1. The van der Waals surface area contributed by atoms with E-state index in [2.05, 4.69) is 10.3 Å². The van der Waals surface area contributed by atoms with Gasteiger partial charge in [-0.2, -0.15) is 0 Å². The number of sulfonamides is 1. The van der Waals surface area contributed by atoms with E-state index in [9.17, 15) is 22.8 Å². The van der Waals surface area contributed by atoms with Gasteiger partial charge in [-0.05, 0) is 66.8 Å². The summed E-state index contributed by atoms with van der Waals surface area (Å²) in [5.74, 6) is -0.952. The van der Waals surface area contributed by atoms with Crippen molar-refractivity contribution in [2.24, 2.45) is 0 Å². The molecule has 0 radical (unpaired) electrons. The number of nitrogens with zero attached hydrogens (tertiary/aromatic N) is 3. The largest absolute Gasteiger partial charge is 0.493 e. The Kier molecular flexibility index (Phi) is 9.45. The Morgan fingerprint density at radius 2 is 1.84 bits per heavy atom. The summed E-state index contributed by atoms with van der Waals surface area (Å²) in [4.78, 5) is 46.3. The average molecular weight is 623 g/mol. The predicted octanol–water partition coefficient (Wildman–Crippen LogP) is 2.35. The van der Waals surface area contributed by atoms with Gasteiger partial charge in [0, 0.05) is 32.1 Å². The van der Waals surface area contributed by atoms with Gasteiger partial charge >= 0.3 is 0 Å². The fourth-order valence-electron chi connectivity index (χ4n) is 5.42. The Hall–Kier alpha value is -4.49. The summed E-state index contributed by atoms with van der Waals surface area (Å²) in [6.07, 6.45) is 4.87. The van der Waals surface area contributed by atoms with Gasteiger partial charge in [-0.3, -0.25) is 19.4 Å². The number of rotatable bonds is 12. The van der Waals surface area contributed by atoms with Crippen molar-refractivity contribution in [2.45, 2.75) is 36.3 Å². The molecule has 1 saturated heterocycles. The maximum absolute atomic E-state index is 14.1. The summed E-state index contributed by atoms with van der Waals surface area (Å²) in [6, 6.07) is 13.2. The van der Waals surface area contributed by atoms with E-state index in [4.69, 9.17) is 14.2 Å². The molecule has 1 aromatic heterocycles. The highest BCUT2D eigenvalue weighted by Gasteiger charge is 2.43. The standard InChI is InChI=1S/C31H34N4O8S/c1-41-25-10-9-21(18-26(25)42-2)13-16-34(28(36)20-35-31(38)24-7-3-4-8-27(24)44(35,39)40)29(22-11-14-32-15-12-22)30(37)33-19-23-6-5-17-43-23/h3-4,7-12,14-15,18,23,29H,5-6,13,16-17,19-20H2,1-2H3,(H,33,37)/t23-,29-/m1/s1.